The molecular weight excluding hydrogens is 510 g/mol. The molecule has 0 aliphatic rings. The fraction of sp³-hybridized carbons (Fsp3) is 0.160. The number of hydrogen-bond donors (Lipinski definition) is 1. The van der Waals surface area contributed by atoms with Crippen LogP contribution in [0.1, 0.15) is 29.7 Å². The molecule has 4 heterocycles. The predicted octanol–water partition coefficient (Wildman–Crippen LogP) is 5.28. The first-order valence-corrected chi connectivity index (χ1v) is 11.3. The first-order chi connectivity index (χ1) is 17.6. The second kappa shape index (κ2) is 9.25. The molecule has 1 N–H and O–H groups in total. The van der Waals surface area contributed by atoms with Gasteiger partial charge < -0.3 is 9.15 Å². The number of pyridine rings is 2. The summed E-state index contributed by atoms with van der Waals surface area (Å²) in [5.41, 5.74) is 0.850. The minimum atomic E-state index is -0.983. The number of H-pyrrole nitrogens is 1. The smallest absolute Gasteiger partial charge is 0.439 e. The highest BCUT2D eigenvalue weighted by Gasteiger charge is 2.23. The number of benzene rings is 1. The normalized spacial score (nSPS) is 12.2. The summed E-state index contributed by atoms with van der Waals surface area (Å²) < 4.78 is 45.1. The molecule has 188 valence electrons. The van der Waals surface area contributed by atoms with Crippen molar-refractivity contribution in [1.29, 1.82) is 0 Å². The molecule has 0 spiro atoms. The molecule has 5 aromatic rings. The summed E-state index contributed by atoms with van der Waals surface area (Å²) in [5, 5.41) is 4.00. The number of aromatic nitrogens is 4. The van der Waals surface area contributed by atoms with Crippen molar-refractivity contribution in [2.75, 3.05) is 0 Å². The molecule has 1 aromatic carbocycles. The van der Waals surface area contributed by atoms with Gasteiger partial charge in [-0.15, -0.1) is 0 Å². The lowest BCUT2D eigenvalue weighted by atomic mass is 10.00. The third-order valence-corrected chi connectivity index (χ3v) is 5.88. The Morgan fingerprint density at radius 1 is 1.14 bits per heavy atom. The molecule has 0 saturated heterocycles. The summed E-state index contributed by atoms with van der Waals surface area (Å²) in [6.45, 7) is 4.96. The van der Waals surface area contributed by atoms with Gasteiger partial charge >= 0.3 is 5.76 Å². The number of nitrogens with one attached hydrogen (secondary N) is 1. The maximum absolute atomic E-state index is 14.5. The minimum absolute atomic E-state index is 0.00215. The molecule has 12 heteroatoms. The summed E-state index contributed by atoms with van der Waals surface area (Å²) in [6.07, 6.45) is -0.0188. The molecule has 4 aromatic heterocycles. The number of fused-ring (bicyclic) bond motifs is 1. The quantitative estimate of drug-likeness (QED) is 0.307. The van der Waals surface area contributed by atoms with Crippen LogP contribution in [-0.2, 0) is 0 Å². The van der Waals surface area contributed by atoms with E-state index >= 15 is 0 Å². The fourth-order valence-corrected chi connectivity index (χ4v) is 4.13. The van der Waals surface area contributed by atoms with Gasteiger partial charge in [0.15, 0.2) is 11.1 Å². The van der Waals surface area contributed by atoms with E-state index in [-0.39, 0.29) is 50.3 Å². The maximum atomic E-state index is 14.5. The van der Waals surface area contributed by atoms with Crippen LogP contribution in [0.5, 0.6) is 5.75 Å². The van der Waals surface area contributed by atoms with E-state index in [0.29, 0.717) is 5.56 Å². The Bertz CT molecular complexity index is 1800. The minimum Gasteiger partial charge on any atom is -0.483 e. The average molecular weight is 527 g/mol. The molecule has 1 atom stereocenters. The largest absolute Gasteiger partial charge is 0.483 e. The van der Waals surface area contributed by atoms with Gasteiger partial charge in [0.1, 0.15) is 34.2 Å². The number of hydrogen-bond acceptors (Lipinski definition) is 8. The molecule has 5 rings (SSSR count). The standard InChI is InChI=1S/C25H17ClF2N4O5/c1-10-6-14(12(3)35-17-4-5-18(26)30-19(17)24-31-25(34)37-32-24)22-15(7-10)20(33)11(2)21(36-22)16-8-13(27)9-29-23(16)28/h4-9,12H,1-3H3,(H,31,32,34)/t12-/m1/s1. The van der Waals surface area contributed by atoms with Gasteiger partial charge in [0.25, 0.3) is 0 Å². The van der Waals surface area contributed by atoms with Crippen LogP contribution in [0.25, 0.3) is 33.8 Å². The van der Waals surface area contributed by atoms with E-state index in [1.807, 2.05) is 0 Å². The molecule has 0 bridgehead atoms. The molecule has 0 unspecified atom stereocenters. The Kier molecular flexibility index (Phi) is 6.08. The molecular formula is C25H17ClF2N4O5. The van der Waals surface area contributed by atoms with E-state index in [9.17, 15) is 18.4 Å². The molecule has 37 heavy (non-hydrogen) atoms. The molecule has 0 aliphatic carbocycles. The molecule has 0 aliphatic heterocycles. The van der Waals surface area contributed by atoms with Gasteiger partial charge in [-0.25, -0.2) is 19.2 Å². The van der Waals surface area contributed by atoms with Crippen LogP contribution >= 0.6 is 11.6 Å². The first kappa shape index (κ1) is 24.3. The second-order valence-corrected chi connectivity index (χ2v) is 8.68. The zero-order valence-electron chi connectivity index (χ0n) is 19.6. The lowest BCUT2D eigenvalue weighted by Crippen LogP contribution is -2.12. The zero-order chi connectivity index (χ0) is 26.4. The van der Waals surface area contributed by atoms with Gasteiger partial charge in [-0.1, -0.05) is 16.8 Å². The molecule has 9 nitrogen and oxygen atoms in total. The van der Waals surface area contributed by atoms with Gasteiger partial charge in [-0.3, -0.25) is 14.3 Å². The summed E-state index contributed by atoms with van der Waals surface area (Å²) in [4.78, 5) is 34.7. The summed E-state index contributed by atoms with van der Waals surface area (Å²) in [6, 6.07) is 7.32. The Morgan fingerprint density at radius 3 is 2.65 bits per heavy atom. The molecule has 0 saturated carbocycles. The average Bonchev–Trinajstić information content (AvgIpc) is 3.30. The molecule has 0 fully saturated rings. The molecule has 0 amide bonds. The van der Waals surface area contributed by atoms with Crippen molar-refractivity contribution in [3.05, 3.63) is 90.9 Å². The number of ether oxygens (including phenoxy) is 1. The summed E-state index contributed by atoms with van der Waals surface area (Å²) in [5.74, 6) is -2.50. The van der Waals surface area contributed by atoms with Crippen LogP contribution < -0.4 is 15.9 Å². The number of halogens is 3. The van der Waals surface area contributed by atoms with Gasteiger partial charge in [0.05, 0.1) is 17.1 Å². The lowest BCUT2D eigenvalue weighted by Gasteiger charge is -2.19. The van der Waals surface area contributed by atoms with Crippen molar-refractivity contribution < 1.29 is 22.5 Å². The van der Waals surface area contributed by atoms with Crippen molar-refractivity contribution >= 4 is 22.6 Å². The maximum Gasteiger partial charge on any atom is 0.439 e. The first-order valence-electron chi connectivity index (χ1n) is 10.9. The van der Waals surface area contributed by atoms with Crippen LogP contribution in [-0.4, -0.2) is 20.1 Å². The van der Waals surface area contributed by atoms with Crippen molar-refractivity contribution in [1.82, 2.24) is 20.1 Å². The number of aromatic amines is 1. The van der Waals surface area contributed by atoms with Crippen LogP contribution in [0.15, 0.2) is 55.1 Å². The Hall–Kier alpha value is -4.38. The number of nitrogens with zero attached hydrogens (tertiary/aromatic N) is 3. The van der Waals surface area contributed by atoms with Crippen LogP contribution in [0.4, 0.5) is 8.78 Å². The third-order valence-electron chi connectivity index (χ3n) is 5.67. The van der Waals surface area contributed by atoms with E-state index < -0.39 is 29.1 Å². The van der Waals surface area contributed by atoms with Crippen LogP contribution in [0, 0.1) is 25.6 Å². The summed E-state index contributed by atoms with van der Waals surface area (Å²) in [7, 11) is 0. The topological polar surface area (TPSA) is 124 Å². The summed E-state index contributed by atoms with van der Waals surface area (Å²) >= 11 is 6.03. The van der Waals surface area contributed by atoms with E-state index in [4.69, 9.17) is 20.8 Å². The SMILES string of the molecule is Cc1cc([C@@H](C)Oc2ccc(Cl)nc2-c2noc(=O)[nH]2)c2oc(-c3cc(F)cnc3F)c(C)c(=O)c2c1. The highest BCUT2D eigenvalue weighted by Crippen LogP contribution is 2.35. The van der Waals surface area contributed by atoms with E-state index in [0.717, 1.165) is 17.8 Å². The van der Waals surface area contributed by atoms with Crippen LogP contribution in [0.3, 0.4) is 0 Å². The third kappa shape index (κ3) is 4.49. The zero-order valence-corrected chi connectivity index (χ0v) is 20.3. The van der Waals surface area contributed by atoms with Crippen molar-refractivity contribution in [2.45, 2.75) is 26.9 Å². The Labute approximate surface area is 211 Å². The van der Waals surface area contributed by atoms with Crippen molar-refractivity contribution in [2.24, 2.45) is 0 Å². The monoisotopic (exact) mass is 526 g/mol. The van der Waals surface area contributed by atoms with Gasteiger partial charge in [0.2, 0.25) is 11.8 Å². The van der Waals surface area contributed by atoms with Crippen molar-refractivity contribution in [3.63, 3.8) is 0 Å². The Balaban J connectivity index is 1.67. The number of aryl methyl sites for hydroxylation is 1. The Morgan fingerprint density at radius 2 is 1.92 bits per heavy atom. The van der Waals surface area contributed by atoms with E-state index in [1.165, 1.54) is 19.1 Å². The molecule has 0 radical (unpaired) electrons. The second-order valence-electron chi connectivity index (χ2n) is 8.29. The van der Waals surface area contributed by atoms with Crippen LogP contribution in [0.2, 0.25) is 5.15 Å². The van der Waals surface area contributed by atoms with Gasteiger partial charge in [-0.2, -0.15) is 4.39 Å². The van der Waals surface area contributed by atoms with E-state index in [2.05, 4.69) is 24.6 Å². The highest BCUT2D eigenvalue weighted by molar-refractivity contribution is 6.29. The highest BCUT2D eigenvalue weighted by atomic mass is 35.5. The van der Waals surface area contributed by atoms with Crippen molar-refractivity contribution in [3.8, 4) is 28.6 Å². The van der Waals surface area contributed by atoms with E-state index in [1.54, 1.807) is 26.0 Å². The fourth-order valence-electron chi connectivity index (χ4n) is 3.98. The lowest BCUT2D eigenvalue weighted by molar-refractivity contribution is 0.227. The van der Waals surface area contributed by atoms with Gasteiger partial charge in [-0.05, 0) is 56.7 Å². The number of rotatable bonds is 5. The predicted molar refractivity (Wildman–Crippen MR) is 130 cm³/mol. The van der Waals surface area contributed by atoms with Gasteiger partial charge in [0, 0.05) is 11.1 Å².